The summed E-state index contributed by atoms with van der Waals surface area (Å²) >= 11 is 10.8. The first-order chi connectivity index (χ1) is 10.5. The van der Waals surface area contributed by atoms with Gasteiger partial charge in [0.2, 0.25) is 0 Å². The second kappa shape index (κ2) is 10.2. The smallest absolute Gasteiger partial charge is 0.276 e. The molecule has 1 aromatic rings. The third-order valence-corrected chi connectivity index (χ3v) is 3.18. The van der Waals surface area contributed by atoms with E-state index in [1.807, 2.05) is 0 Å². The molecular formula is C14H19ClFN3O2S. The van der Waals surface area contributed by atoms with Crippen molar-refractivity contribution in [1.82, 2.24) is 16.2 Å². The molecule has 0 atom stereocenters. The number of benzene rings is 1. The van der Waals surface area contributed by atoms with Crippen molar-refractivity contribution >= 4 is 34.8 Å². The molecule has 0 radical (unpaired) electrons. The molecule has 0 fully saturated rings. The molecule has 1 amide bonds. The second-order valence-electron chi connectivity index (χ2n) is 4.50. The topological polar surface area (TPSA) is 62.4 Å². The highest BCUT2D eigenvalue weighted by atomic mass is 35.5. The van der Waals surface area contributed by atoms with E-state index in [4.69, 9.17) is 28.6 Å². The molecule has 1 rings (SSSR count). The summed E-state index contributed by atoms with van der Waals surface area (Å²) in [6.45, 7) is 2.60. The number of rotatable bonds is 7. The number of ether oxygens (including phenoxy) is 1. The van der Waals surface area contributed by atoms with Gasteiger partial charge in [0.25, 0.3) is 5.91 Å². The van der Waals surface area contributed by atoms with Gasteiger partial charge in [0.15, 0.2) is 11.7 Å². The van der Waals surface area contributed by atoms with Gasteiger partial charge in [-0.05, 0) is 36.8 Å². The van der Waals surface area contributed by atoms with Crippen LogP contribution in [0.15, 0.2) is 18.2 Å². The van der Waals surface area contributed by atoms with E-state index in [0.29, 0.717) is 5.11 Å². The molecule has 5 nitrogen and oxygen atoms in total. The molecular weight excluding hydrogens is 329 g/mol. The summed E-state index contributed by atoms with van der Waals surface area (Å²) in [5.74, 6) is -0.667. The van der Waals surface area contributed by atoms with Crippen LogP contribution in [0.1, 0.15) is 26.2 Å². The SMILES string of the molecule is CCCCCNC(=S)NNC(=O)COc1ccc(F)cc1Cl. The third kappa shape index (κ3) is 7.42. The van der Waals surface area contributed by atoms with E-state index in [-0.39, 0.29) is 17.4 Å². The molecule has 0 aromatic heterocycles. The van der Waals surface area contributed by atoms with Gasteiger partial charge >= 0.3 is 0 Å². The Morgan fingerprint density at radius 1 is 1.36 bits per heavy atom. The number of hydrazine groups is 1. The van der Waals surface area contributed by atoms with Crippen LogP contribution in [0.3, 0.4) is 0 Å². The maximum Gasteiger partial charge on any atom is 0.276 e. The average Bonchev–Trinajstić information content (AvgIpc) is 2.48. The van der Waals surface area contributed by atoms with Crippen molar-refractivity contribution < 1.29 is 13.9 Å². The summed E-state index contributed by atoms with van der Waals surface area (Å²) in [6.07, 6.45) is 3.26. The summed E-state index contributed by atoms with van der Waals surface area (Å²) in [4.78, 5) is 11.6. The van der Waals surface area contributed by atoms with Crippen LogP contribution < -0.4 is 20.9 Å². The number of unbranched alkanes of at least 4 members (excludes halogenated alkanes) is 2. The van der Waals surface area contributed by atoms with Crippen molar-refractivity contribution in [3.63, 3.8) is 0 Å². The third-order valence-electron chi connectivity index (χ3n) is 2.63. The molecule has 0 spiro atoms. The molecule has 8 heteroatoms. The lowest BCUT2D eigenvalue weighted by Gasteiger charge is -2.12. The molecule has 0 unspecified atom stereocenters. The van der Waals surface area contributed by atoms with Gasteiger partial charge in [-0.2, -0.15) is 0 Å². The van der Waals surface area contributed by atoms with Crippen LogP contribution in [0.4, 0.5) is 4.39 Å². The summed E-state index contributed by atoms with van der Waals surface area (Å²) in [7, 11) is 0. The first kappa shape index (κ1) is 18.4. The molecule has 22 heavy (non-hydrogen) atoms. The minimum Gasteiger partial charge on any atom is -0.482 e. The lowest BCUT2D eigenvalue weighted by Crippen LogP contribution is -2.48. The summed E-state index contributed by atoms with van der Waals surface area (Å²) in [6, 6.07) is 3.67. The van der Waals surface area contributed by atoms with Crippen LogP contribution in [0.5, 0.6) is 5.75 Å². The van der Waals surface area contributed by atoms with Gasteiger partial charge < -0.3 is 10.1 Å². The predicted molar refractivity (Wildman–Crippen MR) is 88.3 cm³/mol. The van der Waals surface area contributed by atoms with E-state index in [1.165, 1.54) is 12.1 Å². The van der Waals surface area contributed by atoms with Crippen molar-refractivity contribution in [1.29, 1.82) is 0 Å². The highest BCUT2D eigenvalue weighted by Crippen LogP contribution is 2.24. The number of thiocarbonyl (C=S) groups is 1. The Labute approximate surface area is 139 Å². The van der Waals surface area contributed by atoms with E-state index in [2.05, 4.69) is 23.1 Å². The fourth-order valence-corrected chi connectivity index (χ4v) is 1.89. The fourth-order valence-electron chi connectivity index (χ4n) is 1.52. The molecule has 0 saturated heterocycles. The van der Waals surface area contributed by atoms with Crippen molar-refractivity contribution in [2.75, 3.05) is 13.2 Å². The number of hydrogen-bond acceptors (Lipinski definition) is 3. The zero-order valence-corrected chi connectivity index (χ0v) is 13.8. The number of amides is 1. The lowest BCUT2D eigenvalue weighted by atomic mass is 10.2. The summed E-state index contributed by atoms with van der Waals surface area (Å²) in [5, 5.41) is 3.41. The van der Waals surface area contributed by atoms with Gasteiger partial charge in [-0.3, -0.25) is 15.6 Å². The van der Waals surface area contributed by atoms with Crippen LogP contribution in [0.2, 0.25) is 5.02 Å². The number of hydrogen-bond donors (Lipinski definition) is 3. The van der Waals surface area contributed by atoms with Gasteiger partial charge in [-0.25, -0.2) is 4.39 Å². The molecule has 0 aliphatic heterocycles. The normalized spacial score (nSPS) is 9.95. The Hall–Kier alpha value is -1.60. The number of carbonyl (C=O) groups is 1. The Kier molecular flexibility index (Phi) is 8.54. The van der Waals surface area contributed by atoms with Gasteiger partial charge in [-0.1, -0.05) is 31.4 Å². The van der Waals surface area contributed by atoms with Crippen molar-refractivity contribution in [2.24, 2.45) is 0 Å². The molecule has 0 heterocycles. The van der Waals surface area contributed by atoms with Crippen LogP contribution in [0, 0.1) is 5.82 Å². The number of nitrogens with one attached hydrogen (secondary N) is 3. The first-order valence-corrected chi connectivity index (χ1v) is 7.72. The average molecular weight is 348 g/mol. The Morgan fingerprint density at radius 3 is 2.82 bits per heavy atom. The highest BCUT2D eigenvalue weighted by Gasteiger charge is 2.07. The second-order valence-corrected chi connectivity index (χ2v) is 5.32. The zero-order valence-electron chi connectivity index (χ0n) is 12.2. The van der Waals surface area contributed by atoms with E-state index in [9.17, 15) is 9.18 Å². The van der Waals surface area contributed by atoms with Crippen LogP contribution in [-0.2, 0) is 4.79 Å². The molecule has 0 saturated carbocycles. The van der Waals surface area contributed by atoms with E-state index in [0.717, 1.165) is 31.9 Å². The molecule has 3 N–H and O–H groups in total. The van der Waals surface area contributed by atoms with Gasteiger partial charge in [0, 0.05) is 6.54 Å². The van der Waals surface area contributed by atoms with Gasteiger partial charge in [-0.15, -0.1) is 0 Å². The predicted octanol–water partition coefficient (Wildman–Crippen LogP) is 2.54. The number of carbonyl (C=O) groups excluding carboxylic acids is 1. The minimum absolute atomic E-state index is 0.105. The molecule has 122 valence electrons. The standard InChI is InChI=1S/C14H19ClFN3O2S/c1-2-3-4-7-17-14(22)19-18-13(20)9-21-12-6-5-10(16)8-11(12)15/h5-6,8H,2-4,7,9H2,1H3,(H,18,20)(H2,17,19,22). The fraction of sp³-hybridized carbons (Fsp3) is 0.429. The van der Waals surface area contributed by atoms with E-state index >= 15 is 0 Å². The maximum atomic E-state index is 12.9. The maximum absolute atomic E-state index is 12.9. The summed E-state index contributed by atoms with van der Waals surface area (Å²) in [5.41, 5.74) is 4.96. The first-order valence-electron chi connectivity index (χ1n) is 6.93. The Bertz CT molecular complexity index is 517. The van der Waals surface area contributed by atoms with E-state index < -0.39 is 11.7 Å². The van der Waals surface area contributed by atoms with Crippen molar-refractivity contribution in [3.05, 3.63) is 29.0 Å². The zero-order chi connectivity index (χ0) is 16.4. The molecule has 1 aromatic carbocycles. The Morgan fingerprint density at radius 2 is 2.14 bits per heavy atom. The Balaban J connectivity index is 2.22. The minimum atomic E-state index is -0.469. The van der Waals surface area contributed by atoms with Gasteiger partial charge in [0.1, 0.15) is 11.6 Å². The van der Waals surface area contributed by atoms with Crippen LogP contribution in [0.25, 0.3) is 0 Å². The van der Waals surface area contributed by atoms with Crippen LogP contribution >= 0.6 is 23.8 Å². The quantitative estimate of drug-likeness (QED) is 0.402. The molecule has 0 aliphatic rings. The lowest BCUT2D eigenvalue weighted by molar-refractivity contribution is -0.123. The van der Waals surface area contributed by atoms with Crippen molar-refractivity contribution in [2.45, 2.75) is 26.2 Å². The molecule has 0 aliphatic carbocycles. The largest absolute Gasteiger partial charge is 0.482 e. The van der Waals surface area contributed by atoms with Gasteiger partial charge in [0.05, 0.1) is 5.02 Å². The highest BCUT2D eigenvalue weighted by molar-refractivity contribution is 7.80. The number of halogens is 2. The van der Waals surface area contributed by atoms with Crippen molar-refractivity contribution in [3.8, 4) is 5.75 Å². The summed E-state index contributed by atoms with van der Waals surface area (Å²) < 4.78 is 18.0. The van der Waals surface area contributed by atoms with Crippen LogP contribution in [-0.4, -0.2) is 24.2 Å². The monoisotopic (exact) mass is 347 g/mol. The molecule has 0 bridgehead atoms. The van der Waals surface area contributed by atoms with E-state index in [1.54, 1.807) is 0 Å².